The summed E-state index contributed by atoms with van der Waals surface area (Å²) in [5.41, 5.74) is 0. The van der Waals surface area contributed by atoms with Crippen LogP contribution in [0.5, 0.6) is 0 Å². The molecule has 2 heterocycles. The Labute approximate surface area is 245 Å². The summed E-state index contributed by atoms with van der Waals surface area (Å²) in [5.74, 6) is 0. The van der Waals surface area contributed by atoms with Crippen molar-refractivity contribution in [3.8, 4) is 0 Å². The smallest absolute Gasteiger partial charge is 0.407 e. The summed E-state index contributed by atoms with van der Waals surface area (Å²) in [7, 11) is 0. The van der Waals surface area contributed by atoms with Crippen LogP contribution in [0.25, 0.3) is 0 Å². The highest BCUT2D eigenvalue weighted by atomic mass is 16.5. The molecule has 3 amide bonds. The van der Waals surface area contributed by atoms with E-state index < -0.39 is 6.09 Å². The third kappa shape index (κ3) is 17.3. The fourth-order valence-electron chi connectivity index (χ4n) is 5.77. The first-order valence-electron chi connectivity index (χ1n) is 17.0. The van der Waals surface area contributed by atoms with Gasteiger partial charge in [-0.2, -0.15) is 0 Å². The Balaban J connectivity index is 1.41. The van der Waals surface area contributed by atoms with Crippen molar-refractivity contribution in [2.24, 2.45) is 0 Å². The lowest BCUT2D eigenvalue weighted by atomic mass is 10.0. The summed E-state index contributed by atoms with van der Waals surface area (Å²) in [6, 6.07) is -0.0495. The quantitative estimate of drug-likeness (QED) is 0.140. The van der Waals surface area contributed by atoms with Crippen LogP contribution in [0.1, 0.15) is 129 Å². The molecule has 0 spiro atoms. The van der Waals surface area contributed by atoms with Gasteiger partial charge in [-0.1, -0.05) is 103 Å². The van der Waals surface area contributed by atoms with Crippen molar-refractivity contribution in [3.63, 3.8) is 0 Å². The lowest BCUT2D eigenvalue weighted by Gasteiger charge is -2.35. The van der Waals surface area contributed by atoms with E-state index in [9.17, 15) is 9.59 Å². The second-order valence-corrected chi connectivity index (χ2v) is 11.9. The van der Waals surface area contributed by atoms with Crippen LogP contribution in [0.2, 0.25) is 0 Å². The summed E-state index contributed by atoms with van der Waals surface area (Å²) in [4.78, 5) is 29.1. The third-order valence-corrected chi connectivity index (χ3v) is 8.40. The molecule has 2 N–H and O–H groups in total. The summed E-state index contributed by atoms with van der Waals surface area (Å²) in [6.45, 7) is 8.68. The minimum Gasteiger partial charge on any atom is -0.447 e. The Bertz CT molecular complexity index is 630. The minimum atomic E-state index is -0.396. The Morgan fingerprint density at radius 1 is 0.725 bits per heavy atom. The van der Waals surface area contributed by atoms with E-state index in [1.807, 2.05) is 4.90 Å². The van der Waals surface area contributed by atoms with Gasteiger partial charge in [0.2, 0.25) is 0 Å². The molecule has 1 unspecified atom stereocenters. The summed E-state index contributed by atoms with van der Waals surface area (Å²) >= 11 is 0. The first kappa shape index (κ1) is 34.7. The van der Waals surface area contributed by atoms with Crippen molar-refractivity contribution >= 4 is 12.1 Å². The molecule has 2 saturated heterocycles. The van der Waals surface area contributed by atoms with Crippen LogP contribution < -0.4 is 10.6 Å². The van der Waals surface area contributed by atoms with Gasteiger partial charge in [-0.25, -0.2) is 9.59 Å². The zero-order valence-corrected chi connectivity index (χ0v) is 25.9. The summed E-state index contributed by atoms with van der Waals surface area (Å²) in [5, 5.41) is 5.94. The summed E-state index contributed by atoms with van der Waals surface area (Å²) < 4.78 is 10.8. The highest BCUT2D eigenvalue weighted by molar-refractivity contribution is 5.74. The molecule has 0 aromatic heterocycles. The van der Waals surface area contributed by atoms with Crippen LogP contribution in [-0.2, 0) is 9.47 Å². The number of piperidine rings is 1. The van der Waals surface area contributed by atoms with Crippen LogP contribution in [0.4, 0.5) is 9.59 Å². The number of rotatable bonds is 22. The van der Waals surface area contributed by atoms with Crippen molar-refractivity contribution in [2.45, 2.75) is 135 Å². The van der Waals surface area contributed by atoms with Gasteiger partial charge >= 0.3 is 12.1 Å². The molecule has 8 nitrogen and oxygen atoms in total. The molecule has 0 radical (unpaired) electrons. The second-order valence-electron chi connectivity index (χ2n) is 11.9. The average molecular weight is 567 g/mol. The van der Waals surface area contributed by atoms with Crippen LogP contribution in [0.15, 0.2) is 0 Å². The molecular formula is C32H62N4O4. The van der Waals surface area contributed by atoms with Gasteiger partial charge < -0.3 is 25.0 Å². The minimum absolute atomic E-state index is 0.0121. The normalized spacial score (nSPS) is 18.0. The zero-order chi connectivity index (χ0) is 28.5. The van der Waals surface area contributed by atoms with Crippen molar-refractivity contribution in [1.29, 1.82) is 0 Å². The van der Waals surface area contributed by atoms with Gasteiger partial charge in [0.1, 0.15) is 6.61 Å². The van der Waals surface area contributed by atoms with E-state index in [4.69, 9.17) is 9.47 Å². The Morgan fingerprint density at radius 2 is 1.30 bits per heavy atom. The molecule has 0 bridgehead atoms. The number of nitrogens with one attached hydrogen (secondary N) is 2. The predicted octanol–water partition coefficient (Wildman–Crippen LogP) is 6.87. The van der Waals surface area contributed by atoms with E-state index in [2.05, 4.69) is 22.5 Å². The van der Waals surface area contributed by atoms with Gasteiger partial charge in [-0.15, -0.1) is 0 Å². The largest absolute Gasteiger partial charge is 0.447 e. The molecule has 0 aromatic carbocycles. The molecule has 0 saturated carbocycles. The summed E-state index contributed by atoms with van der Waals surface area (Å²) in [6.07, 6.45) is 24.2. The molecule has 234 valence electrons. The van der Waals surface area contributed by atoms with Gasteiger partial charge in [0.15, 0.2) is 0 Å². The maximum atomic E-state index is 12.8. The Hall–Kier alpha value is -1.54. The van der Waals surface area contributed by atoms with Crippen molar-refractivity contribution in [2.75, 3.05) is 59.1 Å². The van der Waals surface area contributed by atoms with Gasteiger partial charge in [0.25, 0.3) is 0 Å². The zero-order valence-electron chi connectivity index (χ0n) is 25.9. The molecule has 2 aliphatic heterocycles. The highest BCUT2D eigenvalue weighted by Gasteiger charge is 2.27. The number of hydrogen-bond donors (Lipinski definition) is 2. The number of amides is 3. The van der Waals surface area contributed by atoms with Crippen molar-refractivity contribution in [1.82, 2.24) is 20.4 Å². The van der Waals surface area contributed by atoms with Crippen LogP contribution in [0.3, 0.4) is 0 Å². The Kier molecular flexibility index (Phi) is 20.9. The molecule has 0 aromatic rings. The number of morpholine rings is 1. The molecule has 8 heteroatoms. The number of carbonyl (C=O) groups excluding carboxylic acids is 2. The SMILES string of the molecule is CCCCCCCCCCCCCCCCCCNC(=O)N1CCCCC1COC(=O)NCCN1CCOCC1. The number of alkyl carbamates (subject to hydrolysis) is 1. The average Bonchev–Trinajstić information content (AvgIpc) is 2.98. The number of carbonyl (C=O) groups is 2. The van der Waals surface area contributed by atoms with E-state index in [-0.39, 0.29) is 18.7 Å². The topological polar surface area (TPSA) is 83.1 Å². The molecular weight excluding hydrogens is 504 g/mol. The molecule has 2 fully saturated rings. The lowest BCUT2D eigenvalue weighted by molar-refractivity contribution is 0.0379. The van der Waals surface area contributed by atoms with Gasteiger partial charge in [-0.3, -0.25) is 4.90 Å². The van der Waals surface area contributed by atoms with Crippen molar-refractivity contribution in [3.05, 3.63) is 0 Å². The number of urea groups is 1. The van der Waals surface area contributed by atoms with Crippen molar-refractivity contribution < 1.29 is 19.1 Å². The maximum Gasteiger partial charge on any atom is 0.407 e. The van der Waals surface area contributed by atoms with Crippen LogP contribution in [-0.4, -0.2) is 87.1 Å². The van der Waals surface area contributed by atoms with Gasteiger partial charge in [0.05, 0.1) is 19.3 Å². The molecule has 1 atom stereocenters. The molecule has 2 rings (SSSR count). The number of nitrogens with zero attached hydrogens (tertiary/aromatic N) is 2. The van der Waals surface area contributed by atoms with E-state index in [0.29, 0.717) is 6.54 Å². The molecule has 2 aliphatic rings. The first-order valence-corrected chi connectivity index (χ1v) is 17.0. The predicted molar refractivity (Wildman–Crippen MR) is 164 cm³/mol. The Morgan fingerprint density at radius 3 is 1.90 bits per heavy atom. The number of hydrogen-bond acceptors (Lipinski definition) is 5. The van der Waals surface area contributed by atoms with E-state index in [1.165, 1.54) is 96.3 Å². The fourth-order valence-corrected chi connectivity index (χ4v) is 5.77. The monoisotopic (exact) mass is 566 g/mol. The van der Waals surface area contributed by atoms with E-state index in [1.54, 1.807) is 0 Å². The van der Waals surface area contributed by atoms with Gasteiger partial charge in [-0.05, 0) is 25.7 Å². The fraction of sp³-hybridized carbons (Fsp3) is 0.938. The highest BCUT2D eigenvalue weighted by Crippen LogP contribution is 2.18. The third-order valence-electron chi connectivity index (χ3n) is 8.40. The molecule has 40 heavy (non-hydrogen) atoms. The van der Waals surface area contributed by atoms with Crippen LogP contribution >= 0.6 is 0 Å². The van der Waals surface area contributed by atoms with E-state index in [0.717, 1.165) is 71.6 Å². The standard InChI is InChI=1S/C32H62N4O4/c1-2-3-4-5-6-7-8-9-10-11-12-13-14-15-16-18-21-33-31(37)36-23-19-17-20-30(36)29-40-32(38)34-22-24-35-25-27-39-28-26-35/h30H,2-29H2,1H3,(H,33,37)(H,34,38). The molecule has 0 aliphatic carbocycles. The maximum absolute atomic E-state index is 12.8. The van der Waals surface area contributed by atoms with Gasteiger partial charge in [0, 0.05) is 39.3 Å². The second kappa shape index (κ2) is 24.1. The number of unbranched alkanes of at least 4 members (excludes halogenated alkanes) is 15. The number of likely N-dealkylation sites (tertiary alicyclic amines) is 1. The number of ether oxygens (including phenoxy) is 2. The van der Waals surface area contributed by atoms with Crippen LogP contribution in [0, 0.1) is 0 Å². The van der Waals surface area contributed by atoms with E-state index >= 15 is 0 Å². The first-order chi connectivity index (χ1) is 19.7. The lowest BCUT2D eigenvalue weighted by Crippen LogP contribution is -2.51.